The van der Waals surface area contributed by atoms with Crippen LogP contribution in [0.15, 0.2) is 48.5 Å². The van der Waals surface area contributed by atoms with Gasteiger partial charge in [-0.3, -0.25) is 4.79 Å². The number of hydrogen-bond donors (Lipinski definition) is 1. The van der Waals surface area contributed by atoms with Crippen molar-refractivity contribution < 1.29 is 18.0 Å². The van der Waals surface area contributed by atoms with Crippen LogP contribution in [-0.2, 0) is 6.18 Å². The average Bonchev–Trinajstić information content (AvgIpc) is 2.60. The molecule has 0 spiro atoms. The highest BCUT2D eigenvalue weighted by Gasteiger charge is 2.30. The largest absolute Gasteiger partial charge is 0.416 e. The standard InChI is InChI=1S/C19H19F3N2O.ClH/c20-19(21,22)14-9-7-13(8-10-14)16-5-1-2-6-17(16)18(25)24-11-3-4-15(23)12-24;/h1-2,5-10,15H,3-4,11-12,23H2;1H. The fourth-order valence-electron chi connectivity index (χ4n) is 3.12. The number of carbonyl (C=O) groups is 1. The van der Waals surface area contributed by atoms with Crippen molar-refractivity contribution in [2.75, 3.05) is 13.1 Å². The van der Waals surface area contributed by atoms with Crippen LogP contribution in [0.1, 0.15) is 28.8 Å². The first kappa shape index (κ1) is 20.3. The number of rotatable bonds is 2. The van der Waals surface area contributed by atoms with Gasteiger partial charge < -0.3 is 10.6 Å². The predicted molar refractivity (Wildman–Crippen MR) is 97.2 cm³/mol. The lowest BCUT2D eigenvalue weighted by Crippen LogP contribution is -2.45. The molecule has 1 unspecified atom stereocenters. The number of amides is 1. The van der Waals surface area contributed by atoms with E-state index in [2.05, 4.69) is 0 Å². The molecule has 0 aromatic heterocycles. The molecule has 0 saturated carbocycles. The van der Waals surface area contributed by atoms with Gasteiger partial charge in [-0.2, -0.15) is 13.2 Å². The molecule has 140 valence electrons. The number of alkyl halides is 3. The van der Waals surface area contributed by atoms with Gasteiger partial charge in [0.2, 0.25) is 0 Å². The van der Waals surface area contributed by atoms with Crippen molar-refractivity contribution in [3.63, 3.8) is 0 Å². The van der Waals surface area contributed by atoms with E-state index in [1.807, 2.05) is 0 Å². The summed E-state index contributed by atoms with van der Waals surface area (Å²) >= 11 is 0. The zero-order chi connectivity index (χ0) is 18.0. The highest BCUT2D eigenvalue weighted by atomic mass is 35.5. The molecule has 0 aliphatic carbocycles. The van der Waals surface area contributed by atoms with E-state index in [0.717, 1.165) is 25.0 Å². The SMILES string of the molecule is Cl.NC1CCCN(C(=O)c2ccccc2-c2ccc(C(F)(F)F)cc2)C1. The third kappa shape index (κ3) is 4.37. The van der Waals surface area contributed by atoms with Crippen molar-refractivity contribution in [3.05, 3.63) is 59.7 Å². The number of carbonyl (C=O) groups excluding carboxylic acids is 1. The first-order valence-corrected chi connectivity index (χ1v) is 8.18. The highest BCUT2D eigenvalue weighted by molar-refractivity contribution is 6.01. The molecule has 3 rings (SSSR count). The third-order valence-corrected chi connectivity index (χ3v) is 4.43. The quantitative estimate of drug-likeness (QED) is 0.836. The van der Waals surface area contributed by atoms with E-state index in [4.69, 9.17) is 5.73 Å². The molecule has 0 radical (unpaired) electrons. The fraction of sp³-hybridized carbons (Fsp3) is 0.316. The van der Waals surface area contributed by atoms with Crippen LogP contribution < -0.4 is 5.73 Å². The molecule has 1 fully saturated rings. The second-order valence-electron chi connectivity index (χ2n) is 6.27. The minimum Gasteiger partial charge on any atom is -0.337 e. The van der Waals surface area contributed by atoms with Crippen LogP contribution in [0, 0.1) is 0 Å². The Morgan fingerprint density at radius 3 is 2.35 bits per heavy atom. The van der Waals surface area contributed by atoms with Gasteiger partial charge in [0.05, 0.1) is 5.56 Å². The molecule has 26 heavy (non-hydrogen) atoms. The molecule has 1 atom stereocenters. The summed E-state index contributed by atoms with van der Waals surface area (Å²) in [6.45, 7) is 1.15. The maximum atomic E-state index is 12.9. The Hall–Kier alpha value is -2.05. The zero-order valence-electron chi connectivity index (χ0n) is 14.0. The molecular weight excluding hydrogens is 365 g/mol. The smallest absolute Gasteiger partial charge is 0.337 e. The summed E-state index contributed by atoms with van der Waals surface area (Å²) in [4.78, 5) is 14.6. The van der Waals surface area contributed by atoms with Gasteiger partial charge in [-0.15, -0.1) is 12.4 Å². The molecule has 0 bridgehead atoms. The second kappa shape index (κ2) is 8.10. The Labute approximate surface area is 156 Å². The molecule has 2 aromatic carbocycles. The number of halogens is 4. The molecule has 1 amide bonds. The number of piperidine rings is 1. The Morgan fingerprint density at radius 1 is 1.08 bits per heavy atom. The molecule has 1 saturated heterocycles. The Bertz CT molecular complexity index is 762. The Morgan fingerprint density at radius 2 is 1.73 bits per heavy atom. The molecule has 1 aliphatic heterocycles. The molecule has 3 nitrogen and oxygen atoms in total. The average molecular weight is 385 g/mol. The van der Waals surface area contributed by atoms with Gasteiger partial charge in [-0.05, 0) is 42.2 Å². The molecule has 2 aromatic rings. The second-order valence-corrected chi connectivity index (χ2v) is 6.27. The normalized spacial score (nSPS) is 17.5. The lowest BCUT2D eigenvalue weighted by atomic mass is 9.97. The summed E-state index contributed by atoms with van der Waals surface area (Å²) in [5.74, 6) is -0.134. The predicted octanol–water partition coefficient (Wildman–Crippen LogP) is 4.36. The van der Waals surface area contributed by atoms with E-state index in [0.29, 0.717) is 29.8 Å². The molecule has 1 aliphatic rings. The summed E-state index contributed by atoms with van der Waals surface area (Å²) < 4.78 is 38.2. The van der Waals surface area contributed by atoms with Gasteiger partial charge in [0.25, 0.3) is 5.91 Å². The van der Waals surface area contributed by atoms with Crippen molar-refractivity contribution in [2.24, 2.45) is 5.73 Å². The van der Waals surface area contributed by atoms with Crippen molar-refractivity contribution in [1.82, 2.24) is 4.90 Å². The first-order valence-electron chi connectivity index (χ1n) is 8.18. The van der Waals surface area contributed by atoms with Gasteiger partial charge >= 0.3 is 6.18 Å². The maximum Gasteiger partial charge on any atom is 0.416 e. The number of likely N-dealkylation sites (tertiary alicyclic amines) is 1. The number of nitrogens with two attached hydrogens (primary N) is 1. The number of hydrogen-bond acceptors (Lipinski definition) is 2. The maximum absolute atomic E-state index is 12.9. The molecule has 2 N–H and O–H groups in total. The van der Waals surface area contributed by atoms with Crippen LogP contribution in [0.3, 0.4) is 0 Å². The van der Waals surface area contributed by atoms with E-state index in [1.165, 1.54) is 12.1 Å². The van der Waals surface area contributed by atoms with Crippen LogP contribution in [0.2, 0.25) is 0 Å². The van der Waals surface area contributed by atoms with E-state index in [-0.39, 0.29) is 24.4 Å². The lowest BCUT2D eigenvalue weighted by molar-refractivity contribution is -0.137. The molecule has 1 heterocycles. The van der Waals surface area contributed by atoms with Gasteiger partial charge in [-0.25, -0.2) is 0 Å². The van der Waals surface area contributed by atoms with Crippen molar-refractivity contribution in [1.29, 1.82) is 0 Å². The monoisotopic (exact) mass is 384 g/mol. The summed E-state index contributed by atoms with van der Waals surface area (Å²) in [5.41, 5.74) is 6.93. The zero-order valence-corrected chi connectivity index (χ0v) is 14.8. The van der Waals surface area contributed by atoms with Crippen LogP contribution in [0.5, 0.6) is 0 Å². The fourth-order valence-corrected chi connectivity index (χ4v) is 3.12. The summed E-state index contributed by atoms with van der Waals surface area (Å²) in [6, 6.07) is 11.8. The summed E-state index contributed by atoms with van der Waals surface area (Å²) in [6.07, 6.45) is -2.63. The van der Waals surface area contributed by atoms with E-state index in [1.54, 1.807) is 29.2 Å². The van der Waals surface area contributed by atoms with Gasteiger partial charge in [0.1, 0.15) is 0 Å². The van der Waals surface area contributed by atoms with Gasteiger partial charge in [-0.1, -0.05) is 30.3 Å². The Kier molecular flexibility index (Phi) is 6.31. The van der Waals surface area contributed by atoms with Crippen molar-refractivity contribution >= 4 is 18.3 Å². The van der Waals surface area contributed by atoms with Gasteiger partial charge in [0.15, 0.2) is 0 Å². The minimum absolute atomic E-state index is 0. The molecule has 7 heteroatoms. The topological polar surface area (TPSA) is 46.3 Å². The van der Waals surface area contributed by atoms with Crippen LogP contribution in [0.25, 0.3) is 11.1 Å². The van der Waals surface area contributed by atoms with Crippen molar-refractivity contribution in [2.45, 2.75) is 25.1 Å². The van der Waals surface area contributed by atoms with E-state index < -0.39 is 11.7 Å². The third-order valence-electron chi connectivity index (χ3n) is 4.43. The first-order chi connectivity index (χ1) is 11.9. The van der Waals surface area contributed by atoms with Crippen LogP contribution >= 0.6 is 12.4 Å². The van der Waals surface area contributed by atoms with E-state index >= 15 is 0 Å². The van der Waals surface area contributed by atoms with Gasteiger partial charge in [0, 0.05) is 24.7 Å². The van der Waals surface area contributed by atoms with Crippen LogP contribution in [0.4, 0.5) is 13.2 Å². The van der Waals surface area contributed by atoms with Crippen molar-refractivity contribution in [3.8, 4) is 11.1 Å². The van der Waals surface area contributed by atoms with Crippen LogP contribution in [-0.4, -0.2) is 29.9 Å². The summed E-state index contributed by atoms with van der Waals surface area (Å²) in [7, 11) is 0. The summed E-state index contributed by atoms with van der Waals surface area (Å²) in [5, 5.41) is 0. The number of benzene rings is 2. The highest BCUT2D eigenvalue weighted by Crippen LogP contribution is 2.32. The van der Waals surface area contributed by atoms with E-state index in [9.17, 15) is 18.0 Å². The lowest BCUT2D eigenvalue weighted by Gasteiger charge is -2.31. The molecular formula is C19H20ClF3N2O. The Balaban J connectivity index is 0.00000243. The number of nitrogens with zero attached hydrogens (tertiary/aromatic N) is 1. The minimum atomic E-state index is -4.38.